The molecule has 1 aromatic rings. The lowest BCUT2D eigenvalue weighted by molar-refractivity contribution is 0.438. The molecular weight excluding hydrogens is 186 g/mol. The van der Waals surface area contributed by atoms with Crippen molar-refractivity contribution in [2.75, 3.05) is 13.1 Å². The summed E-state index contributed by atoms with van der Waals surface area (Å²) >= 11 is 0. The molecule has 0 aliphatic rings. The molecule has 0 aliphatic carbocycles. The van der Waals surface area contributed by atoms with E-state index in [1.54, 1.807) is 0 Å². The van der Waals surface area contributed by atoms with E-state index in [2.05, 4.69) is 41.8 Å². The van der Waals surface area contributed by atoms with Gasteiger partial charge in [-0.15, -0.1) is 0 Å². The fourth-order valence-corrected chi connectivity index (χ4v) is 1.75. The fraction of sp³-hybridized carbons (Fsp3) is 0.750. The van der Waals surface area contributed by atoms with Crippen molar-refractivity contribution >= 4 is 0 Å². The van der Waals surface area contributed by atoms with E-state index in [9.17, 15) is 0 Å². The van der Waals surface area contributed by atoms with Crippen LogP contribution in [0.25, 0.3) is 0 Å². The SMILES string of the molecule is CCCNCC(C)Cn1ccnc1CC. The van der Waals surface area contributed by atoms with Crippen LogP contribution in [-0.4, -0.2) is 22.6 Å². The predicted molar refractivity (Wildman–Crippen MR) is 63.9 cm³/mol. The first-order chi connectivity index (χ1) is 7.27. The number of hydrogen-bond acceptors (Lipinski definition) is 2. The van der Waals surface area contributed by atoms with Gasteiger partial charge in [-0.1, -0.05) is 20.8 Å². The maximum absolute atomic E-state index is 4.33. The van der Waals surface area contributed by atoms with Gasteiger partial charge in [-0.2, -0.15) is 0 Å². The zero-order valence-electron chi connectivity index (χ0n) is 10.2. The molecule has 3 nitrogen and oxygen atoms in total. The lowest BCUT2D eigenvalue weighted by Crippen LogP contribution is -2.25. The average molecular weight is 209 g/mol. The van der Waals surface area contributed by atoms with Crippen LogP contribution in [0.1, 0.15) is 33.0 Å². The largest absolute Gasteiger partial charge is 0.335 e. The first-order valence-corrected chi connectivity index (χ1v) is 5.98. The van der Waals surface area contributed by atoms with Crippen LogP contribution in [0.2, 0.25) is 0 Å². The molecule has 15 heavy (non-hydrogen) atoms. The molecule has 0 aromatic carbocycles. The van der Waals surface area contributed by atoms with Crippen LogP contribution in [0.5, 0.6) is 0 Å². The van der Waals surface area contributed by atoms with E-state index in [0.717, 1.165) is 26.1 Å². The fourth-order valence-electron chi connectivity index (χ4n) is 1.75. The highest BCUT2D eigenvalue weighted by Gasteiger charge is 2.05. The molecule has 0 radical (unpaired) electrons. The van der Waals surface area contributed by atoms with E-state index in [-0.39, 0.29) is 0 Å². The van der Waals surface area contributed by atoms with E-state index in [0.29, 0.717) is 5.92 Å². The zero-order chi connectivity index (χ0) is 11.1. The number of aromatic nitrogens is 2. The van der Waals surface area contributed by atoms with Crippen molar-refractivity contribution < 1.29 is 0 Å². The highest BCUT2D eigenvalue weighted by Crippen LogP contribution is 2.04. The lowest BCUT2D eigenvalue weighted by atomic mass is 10.2. The second-order valence-corrected chi connectivity index (χ2v) is 4.16. The Kier molecular flexibility index (Phi) is 5.40. The van der Waals surface area contributed by atoms with Crippen LogP contribution in [0, 0.1) is 5.92 Å². The van der Waals surface area contributed by atoms with E-state index >= 15 is 0 Å². The molecule has 1 aromatic heterocycles. The highest BCUT2D eigenvalue weighted by molar-refractivity contribution is 4.91. The topological polar surface area (TPSA) is 29.9 Å². The molecule has 1 atom stereocenters. The molecule has 0 saturated heterocycles. The molecule has 86 valence electrons. The maximum Gasteiger partial charge on any atom is 0.108 e. The van der Waals surface area contributed by atoms with Gasteiger partial charge in [0.15, 0.2) is 0 Å². The first kappa shape index (κ1) is 12.2. The van der Waals surface area contributed by atoms with Crippen LogP contribution >= 0.6 is 0 Å². The molecule has 0 saturated carbocycles. The number of nitrogens with zero attached hydrogens (tertiary/aromatic N) is 2. The molecule has 1 N–H and O–H groups in total. The average Bonchev–Trinajstić information content (AvgIpc) is 2.65. The third-order valence-corrected chi connectivity index (χ3v) is 2.55. The van der Waals surface area contributed by atoms with Gasteiger partial charge >= 0.3 is 0 Å². The third-order valence-electron chi connectivity index (χ3n) is 2.55. The summed E-state index contributed by atoms with van der Waals surface area (Å²) in [6.07, 6.45) is 6.19. The van der Waals surface area contributed by atoms with Gasteiger partial charge in [0.25, 0.3) is 0 Å². The Morgan fingerprint density at radius 1 is 1.47 bits per heavy atom. The quantitative estimate of drug-likeness (QED) is 0.697. The number of nitrogens with one attached hydrogen (secondary N) is 1. The van der Waals surface area contributed by atoms with Crippen LogP contribution in [0.15, 0.2) is 12.4 Å². The number of aryl methyl sites for hydroxylation is 1. The number of hydrogen-bond donors (Lipinski definition) is 1. The van der Waals surface area contributed by atoms with Crippen molar-refractivity contribution in [3.05, 3.63) is 18.2 Å². The molecular formula is C12H23N3. The van der Waals surface area contributed by atoms with Gasteiger partial charge in [0.1, 0.15) is 5.82 Å². The molecule has 0 bridgehead atoms. The standard InChI is InChI=1S/C12H23N3/c1-4-6-13-9-11(3)10-15-8-7-14-12(15)5-2/h7-8,11,13H,4-6,9-10H2,1-3H3. The Hall–Kier alpha value is -0.830. The Labute approximate surface area is 92.9 Å². The van der Waals surface area contributed by atoms with Gasteiger partial charge in [-0.05, 0) is 25.4 Å². The van der Waals surface area contributed by atoms with Crippen molar-refractivity contribution in [2.24, 2.45) is 5.92 Å². The maximum atomic E-state index is 4.33. The van der Waals surface area contributed by atoms with Crippen molar-refractivity contribution in [3.8, 4) is 0 Å². The minimum absolute atomic E-state index is 0.663. The summed E-state index contributed by atoms with van der Waals surface area (Å²) in [5.74, 6) is 1.85. The van der Waals surface area contributed by atoms with E-state index in [1.165, 1.54) is 12.2 Å². The first-order valence-electron chi connectivity index (χ1n) is 5.98. The summed E-state index contributed by atoms with van der Waals surface area (Å²) in [7, 11) is 0. The molecule has 0 amide bonds. The number of rotatable bonds is 7. The summed E-state index contributed by atoms with van der Waals surface area (Å²) in [6.45, 7) is 9.91. The molecule has 1 unspecified atom stereocenters. The molecule has 1 heterocycles. The van der Waals surface area contributed by atoms with Crippen molar-refractivity contribution in [3.63, 3.8) is 0 Å². The van der Waals surface area contributed by atoms with E-state index < -0.39 is 0 Å². The normalized spacial score (nSPS) is 13.0. The van der Waals surface area contributed by atoms with Gasteiger partial charge in [0, 0.05) is 25.4 Å². The van der Waals surface area contributed by atoms with Gasteiger partial charge < -0.3 is 9.88 Å². The van der Waals surface area contributed by atoms with E-state index in [4.69, 9.17) is 0 Å². The minimum atomic E-state index is 0.663. The molecule has 1 rings (SSSR count). The Balaban J connectivity index is 2.33. The monoisotopic (exact) mass is 209 g/mol. The number of imidazole rings is 1. The summed E-state index contributed by atoms with van der Waals surface area (Å²) in [4.78, 5) is 4.33. The smallest absolute Gasteiger partial charge is 0.108 e. The van der Waals surface area contributed by atoms with Gasteiger partial charge in [0.2, 0.25) is 0 Å². The molecule has 0 spiro atoms. The summed E-state index contributed by atoms with van der Waals surface area (Å²) in [5.41, 5.74) is 0. The predicted octanol–water partition coefficient (Wildman–Crippen LogP) is 2.08. The minimum Gasteiger partial charge on any atom is -0.335 e. The van der Waals surface area contributed by atoms with Crippen LogP contribution in [-0.2, 0) is 13.0 Å². The zero-order valence-corrected chi connectivity index (χ0v) is 10.2. The Morgan fingerprint density at radius 2 is 2.27 bits per heavy atom. The molecule has 3 heteroatoms. The molecule has 0 aliphatic heterocycles. The second-order valence-electron chi connectivity index (χ2n) is 4.16. The summed E-state index contributed by atoms with van der Waals surface area (Å²) in [6, 6.07) is 0. The second kappa shape index (κ2) is 6.62. The van der Waals surface area contributed by atoms with Crippen LogP contribution in [0.4, 0.5) is 0 Å². The van der Waals surface area contributed by atoms with E-state index in [1.807, 2.05) is 6.20 Å². The summed E-state index contributed by atoms with van der Waals surface area (Å²) in [5, 5.41) is 3.45. The van der Waals surface area contributed by atoms with Gasteiger partial charge in [-0.3, -0.25) is 0 Å². The third kappa shape index (κ3) is 4.04. The van der Waals surface area contributed by atoms with Crippen molar-refractivity contribution in [2.45, 2.75) is 40.2 Å². The van der Waals surface area contributed by atoms with Crippen LogP contribution < -0.4 is 5.32 Å². The van der Waals surface area contributed by atoms with Gasteiger partial charge in [0.05, 0.1) is 0 Å². The van der Waals surface area contributed by atoms with Crippen LogP contribution in [0.3, 0.4) is 0 Å². The lowest BCUT2D eigenvalue weighted by Gasteiger charge is -2.14. The highest BCUT2D eigenvalue weighted by atomic mass is 15.1. The summed E-state index contributed by atoms with van der Waals surface area (Å²) < 4.78 is 2.26. The van der Waals surface area contributed by atoms with Crippen molar-refractivity contribution in [1.29, 1.82) is 0 Å². The van der Waals surface area contributed by atoms with Gasteiger partial charge in [-0.25, -0.2) is 4.98 Å². The Bertz CT molecular complexity index is 268. The molecule has 0 fully saturated rings. The van der Waals surface area contributed by atoms with Crippen molar-refractivity contribution in [1.82, 2.24) is 14.9 Å². The Morgan fingerprint density at radius 3 is 2.93 bits per heavy atom.